The second kappa shape index (κ2) is 9.05. The Kier molecular flexibility index (Phi) is 5.00. The van der Waals surface area contributed by atoms with Crippen LogP contribution in [0, 0.1) is 0 Å². The third-order valence-electron chi connectivity index (χ3n) is 9.85. The van der Waals surface area contributed by atoms with Gasteiger partial charge in [-0.15, -0.1) is 0 Å². The summed E-state index contributed by atoms with van der Waals surface area (Å²) in [5.41, 5.74) is 15.0. The lowest BCUT2D eigenvalue weighted by Gasteiger charge is -2.21. The van der Waals surface area contributed by atoms with Gasteiger partial charge >= 0.3 is 0 Å². The molecule has 218 valence electrons. The van der Waals surface area contributed by atoms with E-state index in [9.17, 15) is 0 Å². The maximum Gasteiger partial charge on any atom is 0.153 e. The van der Waals surface area contributed by atoms with Gasteiger partial charge in [-0.3, -0.25) is 9.97 Å². The van der Waals surface area contributed by atoms with Crippen LogP contribution in [0.15, 0.2) is 137 Å². The summed E-state index contributed by atoms with van der Waals surface area (Å²) in [4.78, 5) is 9.40. The van der Waals surface area contributed by atoms with E-state index in [4.69, 9.17) is 13.8 Å². The van der Waals surface area contributed by atoms with Gasteiger partial charge in [-0.1, -0.05) is 56.3 Å². The fourth-order valence-electron chi connectivity index (χ4n) is 7.61. The molecule has 0 aliphatic heterocycles. The molecule has 0 spiro atoms. The third-order valence-corrected chi connectivity index (χ3v) is 9.85. The lowest BCUT2D eigenvalue weighted by atomic mass is 9.83. The number of rotatable bonds is 3. The number of para-hydroxylation sites is 1. The molecule has 0 saturated heterocycles. The summed E-state index contributed by atoms with van der Waals surface area (Å²) in [5.74, 6) is 0. The zero-order valence-electron chi connectivity index (χ0n) is 25.3. The molecule has 0 fully saturated rings. The van der Waals surface area contributed by atoms with E-state index in [1.165, 1.54) is 33.0 Å². The lowest BCUT2D eigenvalue weighted by molar-refractivity contribution is 0.569. The van der Waals surface area contributed by atoms with E-state index in [2.05, 4.69) is 102 Å². The molecule has 0 radical (unpaired) electrons. The van der Waals surface area contributed by atoms with Crippen LogP contribution in [-0.4, -0.2) is 14.5 Å². The van der Waals surface area contributed by atoms with Gasteiger partial charge in [0, 0.05) is 56.3 Å². The largest absolute Gasteiger partial charge is 0.471 e. The summed E-state index contributed by atoms with van der Waals surface area (Å²) in [6.07, 6.45) is 7.38. The van der Waals surface area contributed by atoms with E-state index in [0.717, 1.165) is 61.2 Å². The standard InChI is InChI=1S/C41H27N3O2/c1-41(2)33-14-13-26(21-29(33)39-34(41)8-5-17-42-39)44-35-9-4-3-7-27(35)28-19-24(11-15-36(28)44)31-22-45-23-32(31)25-12-16-37-30(20-25)40-38(46-37)10-6-18-43-40/h3-23H,1-2H3. The van der Waals surface area contributed by atoms with Crippen LogP contribution in [0.5, 0.6) is 0 Å². The molecule has 0 amide bonds. The van der Waals surface area contributed by atoms with E-state index in [1.807, 2.05) is 43.0 Å². The minimum Gasteiger partial charge on any atom is -0.471 e. The number of furan rings is 2. The average molecular weight is 594 g/mol. The molecule has 4 aromatic carbocycles. The van der Waals surface area contributed by atoms with Crippen molar-refractivity contribution in [2.24, 2.45) is 0 Å². The van der Waals surface area contributed by atoms with Crippen LogP contribution < -0.4 is 0 Å². The van der Waals surface area contributed by atoms with Crippen LogP contribution in [0.25, 0.3) is 83.1 Å². The van der Waals surface area contributed by atoms with E-state index in [1.54, 1.807) is 6.20 Å². The number of benzene rings is 4. The highest BCUT2D eigenvalue weighted by Crippen LogP contribution is 2.48. The smallest absolute Gasteiger partial charge is 0.153 e. The van der Waals surface area contributed by atoms with E-state index in [0.29, 0.717) is 0 Å². The maximum absolute atomic E-state index is 6.03. The molecular weight excluding hydrogens is 566 g/mol. The second-order valence-electron chi connectivity index (χ2n) is 12.7. The molecule has 5 heterocycles. The molecule has 0 saturated carbocycles. The van der Waals surface area contributed by atoms with Crippen molar-refractivity contribution in [1.29, 1.82) is 0 Å². The van der Waals surface area contributed by atoms with E-state index in [-0.39, 0.29) is 5.41 Å². The molecule has 1 aliphatic carbocycles. The topological polar surface area (TPSA) is 57.0 Å². The number of hydrogen-bond acceptors (Lipinski definition) is 4. The SMILES string of the molecule is CC1(C)c2ccc(-n3c4ccccc4c4cc(-c5cocc5-c5ccc6oc7cccnc7c6c5)ccc43)cc2-c2ncccc21. The first-order chi connectivity index (χ1) is 22.6. The minimum atomic E-state index is -0.0821. The van der Waals surface area contributed by atoms with Crippen LogP contribution in [0.4, 0.5) is 0 Å². The summed E-state index contributed by atoms with van der Waals surface area (Å²) in [6, 6.07) is 36.6. The fraction of sp³-hybridized carbons (Fsp3) is 0.0732. The number of nitrogens with zero attached hydrogens (tertiary/aromatic N) is 3. The zero-order chi connectivity index (χ0) is 30.6. The number of pyridine rings is 2. The van der Waals surface area contributed by atoms with Crippen molar-refractivity contribution in [2.75, 3.05) is 0 Å². The molecular formula is C41H27N3O2. The Morgan fingerprint density at radius 3 is 2.24 bits per heavy atom. The molecule has 1 aliphatic rings. The summed E-state index contributed by atoms with van der Waals surface area (Å²) >= 11 is 0. The van der Waals surface area contributed by atoms with Gasteiger partial charge in [0.05, 0.1) is 29.3 Å². The Bertz CT molecular complexity index is 2690. The van der Waals surface area contributed by atoms with Crippen molar-refractivity contribution in [2.45, 2.75) is 19.3 Å². The first kappa shape index (κ1) is 25.4. The Labute approximate surface area is 264 Å². The monoisotopic (exact) mass is 593 g/mol. The molecule has 5 aromatic heterocycles. The number of aromatic nitrogens is 3. The van der Waals surface area contributed by atoms with E-state index >= 15 is 0 Å². The van der Waals surface area contributed by atoms with E-state index < -0.39 is 0 Å². The molecule has 0 N–H and O–H groups in total. The Morgan fingerprint density at radius 2 is 1.35 bits per heavy atom. The first-order valence-electron chi connectivity index (χ1n) is 15.5. The highest BCUT2D eigenvalue weighted by molar-refractivity contribution is 6.11. The van der Waals surface area contributed by atoms with Gasteiger partial charge in [0.2, 0.25) is 0 Å². The van der Waals surface area contributed by atoms with Crippen LogP contribution >= 0.6 is 0 Å². The van der Waals surface area contributed by atoms with Gasteiger partial charge in [-0.2, -0.15) is 0 Å². The third kappa shape index (κ3) is 3.40. The first-order valence-corrected chi connectivity index (χ1v) is 15.5. The van der Waals surface area contributed by atoms with Gasteiger partial charge in [-0.05, 0) is 82.9 Å². The summed E-state index contributed by atoms with van der Waals surface area (Å²) in [6.45, 7) is 4.58. The van der Waals surface area contributed by atoms with Crippen LogP contribution in [-0.2, 0) is 5.41 Å². The molecule has 9 aromatic rings. The molecule has 46 heavy (non-hydrogen) atoms. The average Bonchev–Trinajstić information content (AvgIpc) is 3.85. The van der Waals surface area contributed by atoms with Crippen LogP contribution in [0.3, 0.4) is 0 Å². The molecule has 0 unspecified atom stereocenters. The van der Waals surface area contributed by atoms with Gasteiger partial charge < -0.3 is 13.4 Å². The van der Waals surface area contributed by atoms with Gasteiger partial charge in [0.1, 0.15) is 11.1 Å². The summed E-state index contributed by atoms with van der Waals surface area (Å²) < 4.78 is 14.3. The lowest BCUT2D eigenvalue weighted by Crippen LogP contribution is -2.15. The normalized spacial score (nSPS) is 13.6. The van der Waals surface area contributed by atoms with Crippen molar-refractivity contribution in [3.05, 3.63) is 139 Å². The predicted octanol–water partition coefficient (Wildman–Crippen LogP) is 10.7. The molecule has 5 nitrogen and oxygen atoms in total. The fourth-order valence-corrected chi connectivity index (χ4v) is 7.61. The second-order valence-corrected chi connectivity index (χ2v) is 12.7. The zero-order valence-corrected chi connectivity index (χ0v) is 25.3. The Morgan fingerprint density at radius 1 is 0.587 bits per heavy atom. The number of fused-ring (bicyclic) bond motifs is 9. The number of hydrogen-bond donors (Lipinski definition) is 0. The van der Waals surface area contributed by atoms with Crippen LogP contribution in [0.1, 0.15) is 25.0 Å². The molecule has 0 bridgehead atoms. The summed E-state index contributed by atoms with van der Waals surface area (Å²) in [7, 11) is 0. The molecule has 10 rings (SSSR count). The van der Waals surface area contributed by atoms with Crippen molar-refractivity contribution in [3.63, 3.8) is 0 Å². The minimum absolute atomic E-state index is 0.0821. The van der Waals surface area contributed by atoms with Gasteiger partial charge in [-0.25, -0.2) is 0 Å². The van der Waals surface area contributed by atoms with Crippen molar-refractivity contribution < 1.29 is 8.83 Å². The molecule has 0 atom stereocenters. The quantitative estimate of drug-likeness (QED) is 0.204. The predicted molar refractivity (Wildman–Crippen MR) is 184 cm³/mol. The van der Waals surface area contributed by atoms with Gasteiger partial charge in [0.15, 0.2) is 5.58 Å². The Hall–Kier alpha value is -5.94. The Balaban J connectivity index is 1.14. The molecule has 5 heteroatoms. The van der Waals surface area contributed by atoms with Crippen molar-refractivity contribution in [1.82, 2.24) is 14.5 Å². The highest BCUT2D eigenvalue weighted by atomic mass is 16.3. The van der Waals surface area contributed by atoms with Crippen LogP contribution in [0.2, 0.25) is 0 Å². The van der Waals surface area contributed by atoms with Crippen molar-refractivity contribution >= 4 is 43.9 Å². The highest BCUT2D eigenvalue weighted by Gasteiger charge is 2.36. The maximum atomic E-state index is 6.03. The van der Waals surface area contributed by atoms with Crippen molar-refractivity contribution in [3.8, 4) is 39.2 Å². The van der Waals surface area contributed by atoms with Gasteiger partial charge in [0.25, 0.3) is 0 Å². The summed E-state index contributed by atoms with van der Waals surface area (Å²) in [5, 5.41) is 3.40.